The van der Waals surface area contributed by atoms with Crippen molar-refractivity contribution in [3.05, 3.63) is 0 Å². The number of carbonyl (C=O) groups is 2. The quantitative estimate of drug-likeness (QED) is 0.599. The maximum Gasteiger partial charge on any atom is 0.242 e. The van der Waals surface area contributed by atoms with Crippen LogP contribution in [0.2, 0.25) is 0 Å². The molecule has 0 aromatic heterocycles. The van der Waals surface area contributed by atoms with Crippen LogP contribution in [-0.2, 0) is 9.59 Å². The van der Waals surface area contributed by atoms with Gasteiger partial charge in [-0.05, 0) is 12.3 Å². The molecule has 0 saturated carbocycles. The van der Waals surface area contributed by atoms with Crippen molar-refractivity contribution in [3.8, 4) is 0 Å². The minimum atomic E-state index is -0.566. The van der Waals surface area contributed by atoms with Crippen molar-refractivity contribution in [2.75, 3.05) is 7.05 Å². The van der Waals surface area contributed by atoms with Crippen LogP contribution in [0.4, 0.5) is 0 Å². The summed E-state index contributed by atoms with van der Waals surface area (Å²) >= 11 is 0. The summed E-state index contributed by atoms with van der Waals surface area (Å²) in [7, 11) is 1.56. The fourth-order valence-electron chi connectivity index (χ4n) is 1.30. The van der Waals surface area contributed by atoms with Gasteiger partial charge in [0.25, 0.3) is 0 Å². The van der Waals surface area contributed by atoms with E-state index in [-0.39, 0.29) is 17.7 Å². The number of rotatable bonds is 6. The molecular formula is C11H23N3O2. The van der Waals surface area contributed by atoms with Crippen molar-refractivity contribution in [1.82, 2.24) is 10.6 Å². The van der Waals surface area contributed by atoms with Gasteiger partial charge in [-0.1, -0.05) is 27.2 Å². The van der Waals surface area contributed by atoms with E-state index in [1.165, 1.54) is 0 Å². The van der Waals surface area contributed by atoms with Gasteiger partial charge in [0.2, 0.25) is 11.8 Å². The maximum atomic E-state index is 11.7. The number of hydrogen-bond donors (Lipinski definition) is 3. The molecule has 5 heteroatoms. The lowest BCUT2D eigenvalue weighted by Crippen LogP contribution is -2.52. The number of likely N-dealkylation sites (N-methyl/N-ethyl adjacent to an activating group) is 1. The Labute approximate surface area is 97.2 Å². The highest BCUT2D eigenvalue weighted by atomic mass is 16.2. The summed E-state index contributed by atoms with van der Waals surface area (Å²) in [6, 6.07) is -1.05. The predicted octanol–water partition coefficient (Wildman–Crippen LogP) is 0.000600. The standard InChI is InChI=1S/C11H23N3O2/c1-5-6-8(10(15)13-4)14-11(16)9(12)7(2)3/h7-9H,5-6,12H2,1-4H3,(H,13,15)(H,14,16)/t8-,9-/m0/s1. The second-order valence-corrected chi connectivity index (χ2v) is 4.23. The molecule has 0 saturated heterocycles. The van der Waals surface area contributed by atoms with Crippen LogP contribution in [0.3, 0.4) is 0 Å². The largest absolute Gasteiger partial charge is 0.357 e. The van der Waals surface area contributed by atoms with Gasteiger partial charge in [-0.3, -0.25) is 9.59 Å². The Balaban J connectivity index is 4.39. The van der Waals surface area contributed by atoms with Gasteiger partial charge < -0.3 is 16.4 Å². The first-order valence-corrected chi connectivity index (χ1v) is 5.71. The van der Waals surface area contributed by atoms with Gasteiger partial charge >= 0.3 is 0 Å². The number of amides is 2. The van der Waals surface area contributed by atoms with Gasteiger partial charge in [-0.25, -0.2) is 0 Å². The topological polar surface area (TPSA) is 84.2 Å². The van der Waals surface area contributed by atoms with Gasteiger partial charge in [-0.15, -0.1) is 0 Å². The van der Waals surface area contributed by atoms with Gasteiger partial charge in [0.15, 0.2) is 0 Å². The first-order valence-electron chi connectivity index (χ1n) is 5.71. The van der Waals surface area contributed by atoms with E-state index in [2.05, 4.69) is 10.6 Å². The molecule has 0 aromatic rings. The van der Waals surface area contributed by atoms with Crippen LogP contribution in [0.15, 0.2) is 0 Å². The minimum absolute atomic E-state index is 0.0620. The van der Waals surface area contributed by atoms with E-state index in [9.17, 15) is 9.59 Å². The van der Waals surface area contributed by atoms with Crippen LogP contribution in [-0.4, -0.2) is 30.9 Å². The average molecular weight is 229 g/mol. The molecule has 0 bridgehead atoms. The molecule has 94 valence electrons. The lowest BCUT2D eigenvalue weighted by Gasteiger charge is -2.21. The van der Waals surface area contributed by atoms with E-state index in [1.54, 1.807) is 7.05 Å². The summed E-state index contributed by atoms with van der Waals surface area (Å²) in [5.74, 6) is -0.379. The number of nitrogens with two attached hydrogens (primary N) is 1. The second-order valence-electron chi connectivity index (χ2n) is 4.23. The Bertz CT molecular complexity index is 241. The van der Waals surface area contributed by atoms with E-state index >= 15 is 0 Å². The molecule has 0 fully saturated rings. The molecule has 0 rings (SSSR count). The number of hydrogen-bond acceptors (Lipinski definition) is 3. The fraction of sp³-hybridized carbons (Fsp3) is 0.818. The summed E-state index contributed by atoms with van der Waals surface area (Å²) in [4.78, 5) is 23.1. The summed E-state index contributed by atoms with van der Waals surface area (Å²) in [5.41, 5.74) is 5.70. The van der Waals surface area contributed by atoms with Crippen LogP contribution in [0.25, 0.3) is 0 Å². The lowest BCUT2D eigenvalue weighted by molar-refractivity contribution is -0.130. The van der Waals surface area contributed by atoms with Crippen molar-refractivity contribution < 1.29 is 9.59 Å². The van der Waals surface area contributed by atoms with Crippen molar-refractivity contribution in [1.29, 1.82) is 0 Å². The summed E-state index contributed by atoms with van der Waals surface area (Å²) in [5, 5.41) is 5.20. The zero-order valence-corrected chi connectivity index (χ0v) is 10.5. The zero-order valence-electron chi connectivity index (χ0n) is 10.5. The maximum absolute atomic E-state index is 11.7. The Morgan fingerprint density at radius 2 is 1.81 bits per heavy atom. The molecule has 0 spiro atoms. The van der Waals surface area contributed by atoms with Crippen LogP contribution in [0, 0.1) is 5.92 Å². The molecule has 16 heavy (non-hydrogen) atoms. The zero-order chi connectivity index (χ0) is 12.7. The Kier molecular flexibility index (Phi) is 6.72. The minimum Gasteiger partial charge on any atom is -0.357 e. The third-order valence-electron chi connectivity index (χ3n) is 2.48. The molecule has 0 aliphatic carbocycles. The smallest absolute Gasteiger partial charge is 0.242 e. The van der Waals surface area contributed by atoms with Gasteiger partial charge in [0.05, 0.1) is 6.04 Å². The summed E-state index contributed by atoms with van der Waals surface area (Å²) in [6.07, 6.45) is 1.45. The van der Waals surface area contributed by atoms with Crippen LogP contribution >= 0.6 is 0 Å². The predicted molar refractivity (Wildman–Crippen MR) is 63.7 cm³/mol. The van der Waals surface area contributed by atoms with Crippen molar-refractivity contribution >= 4 is 11.8 Å². The Morgan fingerprint density at radius 1 is 1.25 bits per heavy atom. The highest BCUT2D eigenvalue weighted by Gasteiger charge is 2.23. The number of nitrogens with one attached hydrogen (secondary N) is 2. The molecule has 0 aliphatic heterocycles. The van der Waals surface area contributed by atoms with Gasteiger partial charge in [0, 0.05) is 7.05 Å². The summed E-state index contributed by atoms with van der Waals surface area (Å²) < 4.78 is 0. The normalized spacial score (nSPS) is 14.4. The third-order valence-corrected chi connectivity index (χ3v) is 2.48. The third kappa shape index (κ3) is 4.61. The van der Waals surface area contributed by atoms with E-state index in [0.29, 0.717) is 6.42 Å². The SMILES string of the molecule is CCC[C@H](NC(=O)[C@@H](N)C(C)C)C(=O)NC. The first-order chi connectivity index (χ1) is 7.43. The molecule has 5 nitrogen and oxygen atoms in total. The fourth-order valence-corrected chi connectivity index (χ4v) is 1.30. The molecule has 0 heterocycles. The molecule has 0 unspecified atom stereocenters. The molecule has 4 N–H and O–H groups in total. The second kappa shape index (κ2) is 7.22. The molecule has 0 aromatic carbocycles. The van der Waals surface area contributed by atoms with Gasteiger partial charge in [-0.2, -0.15) is 0 Å². The Hall–Kier alpha value is -1.10. The Morgan fingerprint density at radius 3 is 2.19 bits per heavy atom. The first kappa shape index (κ1) is 14.9. The van der Waals surface area contributed by atoms with E-state index in [0.717, 1.165) is 6.42 Å². The number of carbonyl (C=O) groups excluding carboxylic acids is 2. The van der Waals surface area contributed by atoms with Crippen molar-refractivity contribution in [2.24, 2.45) is 11.7 Å². The summed E-state index contributed by atoms with van der Waals surface area (Å²) in [6.45, 7) is 5.71. The van der Waals surface area contributed by atoms with Crippen LogP contribution in [0.5, 0.6) is 0 Å². The van der Waals surface area contributed by atoms with Crippen LogP contribution < -0.4 is 16.4 Å². The van der Waals surface area contributed by atoms with Crippen molar-refractivity contribution in [3.63, 3.8) is 0 Å². The highest BCUT2D eigenvalue weighted by Crippen LogP contribution is 2.01. The van der Waals surface area contributed by atoms with E-state index in [4.69, 9.17) is 5.73 Å². The molecule has 2 amide bonds. The van der Waals surface area contributed by atoms with Crippen LogP contribution in [0.1, 0.15) is 33.6 Å². The lowest BCUT2D eigenvalue weighted by atomic mass is 10.0. The van der Waals surface area contributed by atoms with Crippen molar-refractivity contribution in [2.45, 2.75) is 45.7 Å². The van der Waals surface area contributed by atoms with E-state index in [1.807, 2.05) is 20.8 Å². The van der Waals surface area contributed by atoms with Gasteiger partial charge in [0.1, 0.15) is 6.04 Å². The molecular weight excluding hydrogens is 206 g/mol. The molecule has 2 atom stereocenters. The average Bonchev–Trinajstić information content (AvgIpc) is 2.25. The van der Waals surface area contributed by atoms with E-state index < -0.39 is 12.1 Å². The molecule has 0 aliphatic rings. The molecule has 0 radical (unpaired) electrons. The highest BCUT2D eigenvalue weighted by molar-refractivity contribution is 5.89. The monoisotopic (exact) mass is 229 g/mol.